The Labute approximate surface area is 175 Å². The van der Waals surface area contributed by atoms with Crippen molar-refractivity contribution in [3.8, 4) is 0 Å². The lowest BCUT2D eigenvalue weighted by molar-refractivity contribution is -0.127. The molecule has 1 aromatic heterocycles. The molecule has 4 rings (SSSR count). The fraction of sp³-hybridized carbons (Fsp3) is 0.739. The normalized spacial score (nSPS) is 25.3. The number of likely N-dealkylation sites (tertiary alicyclic amines) is 3. The van der Waals surface area contributed by atoms with Crippen LogP contribution in [-0.4, -0.2) is 84.0 Å². The monoisotopic (exact) mass is 399 g/mol. The van der Waals surface area contributed by atoms with Gasteiger partial charge in [0.25, 0.3) is 0 Å². The third-order valence-corrected chi connectivity index (χ3v) is 6.98. The second-order valence-corrected chi connectivity index (χ2v) is 9.04. The molecule has 3 aliphatic rings. The number of nitrogens with one attached hydrogen (secondary N) is 1. The van der Waals surface area contributed by atoms with Crippen LogP contribution in [0, 0.1) is 5.92 Å². The van der Waals surface area contributed by atoms with E-state index in [1.54, 1.807) is 0 Å². The van der Waals surface area contributed by atoms with Crippen LogP contribution >= 0.6 is 0 Å². The molecule has 0 aliphatic carbocycles. The predicted molar refractivity (Wildman–Crippen MR) is 116 cm³/mol. The van der Waals surface area contributed by atoms with E-state index in [1.807, 2.05) is 12.4 Å². The molecule has 4 heterocycles. The number of hydrogen-bond acceptors (Lipinski definition) is 5. The van der Waals surface area contributed by atoms with E-state index in [4.69, 9.17) is 0 Å². The minimum atomic E-state index is 0.178. The maximum atomic E-state index is 12.7. The highest BCUT2D eigenvalue weighted by molar-refractivity contribution is 5.78. The van der Waals surface area contributed by atoms with Gasteiger partial charge in [0.05, 0.1) is 5.92 Å². The van der Waals surface area contributed by atoms with Crippen molar-refractivity contribution in [3.63, 3.8) is 0 Å². The summed E-state index contributed by atoms with van der Waals surface area (Å²) >= 11 is 0. The summed E-state index contributed by atoms with van der Waals surface area (Å²) in [7, 11) is 0. The number of hydrogen-bond donors (Lipinski definition) is 1. The van der Waals surface area contributed by atoms with Crippen LogP contribution in [-0.2, 0) is 11.3 Å². The van der Waals surface area contributed by atoms with E-state index in [9.17, 15) is 4.79 Å². The van der Waals surface area contributed by atoms with Crippen molar-refractivity contribution in [2.24, 2.45) is 5.92 Å². The number of pyridine rings is 1. The van der Waals surface area contributed by atoms with Crippen molar-refractivity contribution in [1.29, 1.82) is 0 Å². The van der Waals surface area contributed by atoms with Crippen LogP contribution in [0.15, 0.2) is 24.5 Å². The fourth-order valence-electron chi connectivity index (χ4n) is 5.23. The van der Waals surface area contributed by atoms with Gasteiger partial charge in [0.15, 0.2) is 0 Å². The Balaban J connectivity index is 1.18. The van der Waals surface area contributed by atoms with Gasteiger partial charge < -0.3 is 10.2 Å². The number of rotatable bonds is 7. The Morgan fingerprint density at radius 3 is 2.48 bits per heavy atom. The van der Waals surface area contributed by atoms with Gasteiger partial charge in [-0.15, -0.1) is 0 Å². The van der Waals surface area contributed by atoms with Gasteiger partial charge in [0.2, 0.25) is 5.91 Å². The third-order valence-electron chi connectivity index (χ3n) is 6.98. The minimum absolute atomic E-state index is 0.178. The van der Waals surface area contributed by atoms with Gasteiger partial charge in [-0.1, -0.05) is 0 Å². The molecular formula is C23H37N5O. The molecule has 3 fully saturated rings. The van der Waals surface area contributed by atoms with Gasteiger partial charge in [-0.2, -0.15) is 0 Å². The van der Waals surface area contributed by atoms with Gasteiger partial charge >= 0.3 is 0 Å². The van der Waals surface area contributed by atoms with Gasteiger partial charge in [-0.25, -0.2) is 0 Å². The molecule has 160 valence electrons. The van der Waals surface area contributed by atoms with E-state index < -0.39 is 0 Å². The Kier molecular flexibility index (Phi) is 7.52. The van der Waals surface area contributed by atoms with Gasteiger partial charge in [-0.05, 0) is 88.9 Å². The molecule has 1 atom stereocenters. The van der Waals surface area contributed by atoms with Crippen LogP contribution in [0.2, 0.25) is 0 Å². The molecule has 1 N–H and O–H groups in total. The van der Waals surface area contributed by atoms with Crippen molar-refractivity contribution in [1.82, 2.24) is 25.0 Å². The van der Waals surface area contributed by atoms with Crippen LogP contribution in [0.3, 0.4) is 0 Å². The molecular weight excluding hydrogens is 362 g/mol. The number of aromatic nitrogens is 1. The van der Waals surface area contributed by atoms with Crippen LogP contribution in [0.25, 0.3) is 0 Å². The Bertz CT molecular complexity index is 625. The first-order valence-corrected chi connectivity index (χ1v) is 11.6. The van der Waals surface area contributed by atoms with Gasteiger partial charge in [0.1, 0.15) is 0 Å². The molecule has 6 nitrogen and oxygen atoms in total. The molecule has 0 aromatic carbocycles. The first-order valence-electron chi connectivity index (χ1n) is 11.6. The highest BCUT2D eigenvalue weighted by Crippen LogP contribution is 2.24. The highest BCUT2D eigenvalue weighted by atomic mass is 16.1. The first-order chi connectivity index (χ1) is 14.3. The molecule has 6 heteroatoms. The van der Waals surface area contributed by atoms with Crippen LogP contribution in [0.1, 0.15) is 44.1 Å². The second kappa shape index (κ2) is 10.5. The minimum Gasteiger partial charge on any atom is -0.355 e. The molecule has 3 aliphatic heterocycles. The smallest absolute Gasteiger partial charge is 0.224 e. The molecule has 29 heavy (non-hydrogen) atoms. The number of carbonyl (C=O) groups is 1. The number of nitrogens with zero attached hydrogens (tertiary/aromatic N) is 4. The summed E-state index contributed by atoms with van der Waals surface area (Å²) in [6.07, 6.45) is 11.0. The third kappa shape index (κ3) is 6.00. The average Bonchev–Trinajstić information content (AvgIpc) is 3.29. The lowest BCUT2D eigenvalue weighted by Gasteiger charge is -2.42. The molecule has 0 bridgehead atoms. The molecule has 3 saturated heterocycles. The van der Waals surface area contributed by atoms with E-state index >= 15 is 0 Å². The Hall–Kier alpha value is -1.50. The van der Waals surface area contributed by atoms with Gasteiger partial charge in [-0.3, -0.25) is 19.6 Å². The van der Waals surface area contributed by atoms with Crippen molar-refractivity contribution in [3.05, 3.63) is 30.1 Å². The molecule has 0 unspecified atom stereocenters. The summed E-state index contributed by atoms with van der Waals surface area (Å²) < 4.78 is 0. The lowest BCUT2D eigenvalue weighted by Crippen LogP contribution is -2.51. The van der Waals surface area contributed by atoms with E-state index in [-0.39, 0.29) is 11.8 Å². The zero-order chi connectivity index (χ0) is 19.9. The molecule has 1 aromatic rings. The van der Waals surface area contributed by atoms with Crippen molar-refractivity contribution < 1.29 is 4.79 Å². The summed E-state index contributed by atoms with van der Waals surface area (Å²) in [5.41, 5.74) is 1.35. The van der Waals surface area contributed by atoms with E-state index in [1.165, 1.54) is 44.3 Å². The fourth-order valence-corrected chi connectivity index (χ4v) is 5.23. The molecule has 0 spiro atoms. The quantitative estimate of drug-likeness (QED) is 0.760. The van der Waals surface area contributed by atoms with Gasteiger partial charge in [0, 0.05) is 44.6 Å². The highest BCUT2D eigenvalue weighted by Gasteiger charge is 2.31. The van der Waals surface area contributed by atoms with Crippen LogP contribution < -0.4 is 5.32 Å². The van der Waals surface area contributed by atoms with E-state index in [0.29, 0.717) is 6.04 Å². The maximum Gasteiger partial charge on any atom is 0.224 e. The van der Waals surface area contributed by atoms with E-state index in [0.717, 1.165) is 58.7 Å². The zero-order valence-corrected chi connectivity index (χ0v) is 17.8. The van der Waals surface area contributed by atoms with Crippen LogP contribution in [0.4, 0.5) is 0 Å². The van der Waals surface area contributed by atoms with Crippen molar-refractivity contribution in [2.75, 3.05) is 52.4 Å². The average molecular weight is 400 g/mol. The molecule has 1 amide bonds. The summed E-state index contributed by atoms with van der Waals surface area (Å²) in [4.78, 5) is 24.4. The summed E-state index contributed by atoms with van der Waals surface area (Å²) in [6.45, 7) is 9.65. The SMILES string of the molecule is O=C(NCCN1CCCC1)[C@H]1CCCN(C2CCN(Cc3ccncc3)CC2)C1. The topological polar surface area (TPSA) is 51.7 Å². The standard InChI is InChI=1S/C23H37N5O/c29-23(25-11-17-26-12-1-2-13-26)21-4-3-14-28(19-21)22-7-15-27(16-8-22)18-20-5-9-24-10-6-20/h5-6,9-10,21-22H,1-4,7-8,11-19H2,(H,25,29)/t21-/m0/s1. The zero-order valence-electron chi connectivity index (χ0n) is 17.8. The summed E-state index contributed by atoms with van der Waals surface area (Å²) in [6, 6.07) is 4.87. The molecule has 0 saturated carbocycles. The Morgan fingerprint density at radius 1 is 0.966 bits per heavy atom. The maximum absolute atomic E-state index is 12.7. The lowest BCUT2D eigenvalue weighted by atomic mass is 9.93. The van der Waals surface area contributed by atoms with Crippen LogP contribution in [0.5, 0.6) is 0 Å². The van der Waals surface area contributed by atoms with Crippen molar-refractivity contribution in [2.45, 2.75) is 51.1 Å². The Morgan fingerprint density at radius 2 is 1.72 bits per heavy atom. The largest absolute Gasteiger partial charge is 0.355 e. The first kappa shape index (κ1) is 20.8. The number of piperidine rings is 2. The number of carbonyl (C=O) groups excluding carboxylic acids is 1. The van der Waals surface area contributed by atoms with Crippen molar-refractivity contribution >= 4 is 5.91 Å². The summed E-state index contributed by atoms with van der Waals surface area (Å²) in [5, 5.41) is 3.22. The predicted octanol–water partition coefficient (Wildman–Crippen LogP) is 1.97. The van der Waals surface area contributed by atoms with E-state index in [2.05, 4.69) is 37.1 Å². The second-order valence-electron chi connectivity index (χ2n) is 9.04. The summed E-state index contributed by atoms with van der Waals surface area (Å²) in [5.74, 6) is 0.459. The molecule has 0 radical (unpaired) electrons. The number of amides is 1.